The summed E-state index contributed by atoms with van der Waals surface area (Å²) >= 11 is 0. The fraction of sp³-hybridized carbons (Fsp3) is 0.0556. The number of aromatic amines is 1. The van der Waals surface area contributed by atoms with Gasteiger partial charge in [-0.15, -0.1) is 0 Å². The molecule has 2 rings (SSSR count). The van der Waals surface area contributed by atoms with Crippen LogP contribution in [0.3, 0.4) is 0 Å². The fourth-order valence-corrected chi connectivity index (χ4v) is 1.91. The molecule has 0 saturated heterocycles. The molecule has 0 fully saturated rings. The Morgan fingerprint density at radius 3 is 2.70 bits per heavy atom. The highest BCUT2D eigenvalue weighted by Gasteiger charge is 2.13. The largest absolute Gasteiger partial charge is 0.460 e. The smallest absolute Gasteiger partial charge is 0.297 e. The minimum atomic E-state index is -0.538. The maximum absolute atomic E-state index is 12.1. The van der Waals surface area contributed by atoms with Gasteiger partial charge in [-0.3, -0.25) is 9.78 Å². The van der Waals surface area contributed by atoms with E-state index in [0.717, 1.165) is 5.57 Å². The monoisotopic (exact) mass is 305 g/mol. The van der Waals surface area contributed by atoms with Crippen LogP contribution in [0.25, 0.3) is 11.3 Å². The van der Waals surface area contributed by atoms with Crippen molar-refractivity contribution in [1.29, 1.82) is 5.26 Å². The van der Waals surface area contributed by atoms with Crippen molar-refractivity contribution < 1.29 is 4.74 Å². The quantitative estimate of drug-likeness (QED) is 0.832. The number of allylic oxidation sites excluding steroid dienone is 2. The van der Waals surface area contributed by atoms with E-state index in [9.17, 15) is 10.1 Å². The summed E-state index contributed by atoms with van der Waals surface area (Å²) in [5.74, 6) is 0. The zero-order chi connectivity index (χ0) is 16.7. The van der Waals surface area contributed by atoms with Gasteiger partial charge in [0, 0.05) is 5.56 Å². The van der Waals surface area contributed by atoms with Crippen molar-refractivity contribution in [3.8, 4) is 23.3 Å². The molecule has 1 heterocycles. The summed E-state index contributed by atoms with van der Waals surface area (Å²) in [5.41, 5.74) is 1.16. The molecule has 0 spiro atoms. The van der Waals surface area contributed by atoms with Gasteiger partial charge in [0.1, 0.15) is 18.2 Å². The van der Waals surface area contributed by atoms with Gasteiger partial charge in [-0.2, -0.15) is 10.2 Å². The van der Waals surface area contributed by atoms with Gasteiger partial charge in [0.05, 0.1) is 5.69 Å². The molecule has 0 aliphatic heterocycles. The molecule has 0 unspecified atom stereocenters. The van der Waals surface area contributed by atoms with E-state index in [1.807, 2.05) is 24.3 Å². The van der Waals surface area contributed by atoms with Crippen molar-refractivity contribution in [3.63, 3.8) is 0 Å². The number of benzene rings is 1. The molecule has 1 N–H and O–H groups in total. The Kier molecular flexibility index (Phi) is 5.26. The topological polar surface area (TPSA) is 78.8 Å². The third-order valence-corrected chi connectivity index (χ3v) is 3.03. The Bertz CT molecular complexity index is 843. The highest BCUT2D eigenvalue weighted by Crippen LogP contribution is 2.20. The summed E-state index contributed by atoms with van der Waals surface area (Å²) < 4.78 is 5.49. The lowest BCUT2D eigenvalue weighted by molar-refractivity contribution is 0.325. The van der Waals surface area contributed by atoms with Gasteiger partial charge in [0.2, 0.25) is 0 Å². The zero-order valence-electron chi connectivity index (χ0n) is 12.5. The maximum atomic E-state index is 12.1. The van der Waals surface area contributed by atoms with Crippen molar-refractivity contribution >= 4 is 0 Å². The first-order chi connectivity index (χ1) is 11.2. The minimum Gasteiger partial charge on any atom is -0.460 e. The van der Waals surface area contributed by atoms with Gasteiger partial charge < -0.3 is 4.74 Å². The van der Waals surface area contributed by atoms with Crippen LogP contribution in [-0.4, -0.2) is 16.6 Å². The van der Waals surface area contributed by atoms with E-state index >= 15 is 0 Å². The summed E-state index contributed by atoms with van der Waals surface area (Å²) in [6.07, 6.45) is 4.99. The second kappa shape index (κ2) is 7.57. The van der Waals surface area contributed by atoms with E-state index in [1.165, 1.54) is 0 Å². The summed E-state index contributed by atoms with van der Waals surface area (Å²) in [6.45, 7) is 7.45. The molecule has 2 aromatic rings. The fourth-order valence-electron chi connectivity index (χ4n) is 1.91. The number of nitrogens with one attached hydrogen (secondary N) is 1. The standard InChI is InChI=1S/C18H15N3O2/c1-3-8-13(4-2)12-23-18-20-16(14-9-6-5-7-10-14)15(11-19)17(22)21-18/h3-10H,1-2,12H2,(H,20,21,22)/b13-8+. The number of hydrogen-bond acceptors (Lipinski definition) is 4. The Morgan fingerprint density at radius 2 is 2.09 bits per heavy atom. The third-order valence-electron chi connectivity index (χ3n) is 3.03. The first-order valence-electron chi connectivity index (χ1n) is 6.86. The zero-order valence-corrected chi connectivity index (χ0v) is 12.5. The second-order valence-corrected chi connectivity index (χ2v) is 4.54. The summed E-state index contributed by atoms with van der Waals surface area (Å²) in [5, 5.41) is 9.19. The van der Waals surface area contributed by atoms with Crippen LogP contribution in [-0.2, 0) is 0 Å². The van der Waals surface area contributed by atoms with Gasteiger partial charge >= 0.3 is 0 Å². The highest BCUT2D eigenvalue weighted by atomic mass is 16.5. The Hall–Kier alpha value is -3.39. The molecule has 23 heavy (non-hydrogen) atoms. The molecule has 1 aromatic heterocycles. The minimum absolute atomic E-state index is 0.0460. The lowest BCUT2D eigenvalue weighted by Gasteiger charge is -2.08. The first kappa shape index (κ1) is 16.0. The molecule has 0 radical (unpaired) electrons. The van der Waals surface area contributed by atoms with E-state index in [-0.39, 0.29) is 18.2 Å². The van der Waals surface area contributed by atoms with Crippen LogP contribution >= 0.6 is 0 Å². The molecule has 0 bridgehead atoms. The molecule has 0 saturated carbocycles. The lowest BCUT2D eigenvalue weighted by atomic mass is 10.1. The molecule has 0 amide bonds. The molecule has 114 valence electrons. The SMILES string of the molecule is C=C/C=C(\C=C)COc1nc(-c2ccccc2)c(C#N)c(=O)[nH]1. The number of aromatic nitrogens is 2. The maximum Gasteiger partial charge on any atom is 0.297 e. The molecular weight excluding hydrogens is 290 g/mol. The summed E-state index contributed by atoms with van der Waals surface area (Å²) in [7, 11) is 0. The van der Waals surface area contributed by atoms with Crippen molar-refractivity contribution in [2.45, 2.75) is 0 Å². The summed E-state index contributed by atoms with van der Waals surface area (Å²) in [6, 6.07) is 10.9. The van der Waals surface area contributed by atoms with Crippen LogP contribution in [0.4, 0.5) is 0 Å². The van der Waals surface area contributed by atoms with Gasteiger partial charge in [-0.25, -0.2) is 0 Å². The van der Waals surface area contributed by atoms with Gasteiger partial charge in [0.15, 0.2) is 0 Å². The lowest BCUT2D eigenvalue weighted by Crippen LogP contribution is -2.16. The molecule has 0 aliphatic carbocycles. The van der Waals surface area contributed by atoms with Gasteiger partial charge in [-0.1, -0.05) is 61.7 Å². The van der Waals surface area contributed by atoms with Crippen LogP contribution < -0.4 is 10.3 Å². The van der Waals surface area contributed by atoms with E-state index in [1.54, 1.807) is 30.4 Å². The van der Waals surface area contributed by atoms with Crippen LogP contribution in [0.1, 0.15) is 5.56 Å². The number of nitrogens with zero attached hydrogens (tertiary/aromatic N) is 2. The molecule has 0 aliphatic rings. The number of hydrogen-bond donors (Lipinski definition) is 1. The average Bonchev–Trinajstić information content (AvgIpc) is 2.58. The van der Waals surface area contributed by atoms with Crippen molar-refractivity contribution in [3.05, 3.63) is 83.2 Å². The van der Waals surface area contributed by atoms with Crippen LogP contribution in [0.5, 0.6) is 6.01 Å². The number of H-pyrrole nitrogens is 1. The average molecular weight is 305 g/mol. The molecule has 5 nitrogen and oxygen atoms in total. The highest BCUT2D eigenvalue weighted by molar-refractivity contribution is 5.65. The second-order valence-electron chi connectivity index (χ2n) is 4.54. The predicted molar refractivity (Wildman–Crippen MR) is 89.0 cm³/mol. The predicted octanol–water partition coefficient (Wildman–Crippen LogP) is 2.99. The Balaban J connectivity index is 2.41. The molecule has 0 atom stereocenters. The van der Waals surface area contributed by atoms with Crippen LogP contribution in [0.2, 0.25) is 0 Å². The number of rotatable bonds is 6. The Labute approximate surface area is 133 Å². The van der Waals surface area contributed by atoms with E-state index < -0.39 is 5.56 Å². The van der Waals surface area contributed by atoms with Crippen molar-refractivity contribution in [2.75, 3.05) is 6.61 Å². The molecule has 5 heteroatoms. The van der Waals surface area contributed by atoms with E-state index in [0.29, 0.717) is 11.3 Å². The molecule has 1 aromatic carbocycles. The third kappa shape index (κ3) is 3.83. The van der Waals surface area contributed by atoms with Crippen LogP contribution in [0.15, 0.2) is 72.1 Å². The van der Waals surface area contributed by atoms with Gasteiger partial charge in [-0.05, 0) is 5.57 Å². The van der Waals surface area contributed by atoms with Crippen LogP contribution in [0, 0.1) is 11.3 Å². The summed E-state index contributed by atoms with van der Waals surface area (Å²) in [4.78, 5) is 18.8. The number of nitriles is 1. The van der Waals surface area contributed by atoms with E-state index in [4.69, 9.17) is 4.74 Å². The number of ether oxygens (including phenoxy) is 1. The van der Waals surface area contributed by atoms with Gasteiger partial charge in [0.25, 0.3) is 11.6 Å². The van der Waals surface area contributed by atoms with E-state index in [2.05, 4.69) is 23.1 Å². The van der Waals surface area contributed by atoms with Crippen molar-refractivity contribution in [2.24, 2.45) is 0 Å². The normalized spacial score (nSPS) is 10.7. The van der Waals surface area contributed by atoms with Crippen molar-refractivity contribution in [1.82, 2.24) is 9.97 Å². The first-order valence-corrected chi connectivity index (χ1v) is 6.86. The Morgan fingerprint density at radius 1 is 1.35 bits per heavy atom. The molecular formula is C18H15N3O2.